The number of carbonyl (C=O) groups excluding carboxylic acids is 1. The fourth-order valence-corrected chi connectivity index (χ4v) is 2.04. The Morgan fingerprint density at radius 3 is 2.86 bits per heavy atom. The Morgan fingerprint density at radius 1 is 1.38 bits per heavy atom. The summed E-state index contributed by atoms with van der Waals surface area (Å²) in [4.78, 5) is 16.6. The highest BCUT2D eigenvalue weighted by Gasteiger charge is 2.20. The topological polar surface area (TPSA) is 63.2 Å². The lowest BCUT2D eigenvalue weighted by Crippen LogP contribution is -2.27. The van der Waals surface area contributed by atoms with Gasteiger partial charge in [0, 0.05) is 31.0 Å². The lowest BCUT2D eigenvalue weighted by molar-refractivity contribution is 0.0906. The summed E-state index contributed by atoms with van der Waals surface area (Å²) in [5.74, 6) is 1.45. The molecule has 1 heterocycles. The molecule has 5 heteroatoms. The first-order chi connectivity index (χ1) is 10.2. The molecule has 5 nitrogen and oxygen atoms in total. The number of aryl methyl sites for hydroxylation is 1. The maximum atomic E-state index is 12.2. The Bertz CT molecular complexity index is 473. The van der Waals surface area contributed by atoms with Gasteiger partial charge in [0.1, 0.15) is 5.82 Å². The molecule has 1 aliphatic carbocycles. The molecule has 116 valence electrons. The zero-order valence-corrected chi connectivity index (χ0v) is 12.9. The minimum Gasteiger partial charge on any atom is -0.379 e. The van der Waals surface area contributed by atoms with Gasteiger partial charge >= 0.3 is 0 Å². The maximum absolute atomic E-state index is 12.2. The third kappa shape index (κ3) is 5.34. The molecule has 1 aromatic heterocycles. The van der Waals surface area contributed by atoms with Gasteiger partial charge in [0.05, 0.1) is 6.61 Å². The van der Waals surface area contributed by atoms with Crippen LogP contribution in [0.4, 0.5) is 5.82 Å². The van der Waals surface area contributed by atoms with Gasteiger partial charge < -0.3 is 15.4 Å². The van der Waals surface area contributed by atoms with Crippen LogP contribution in [0.15, 0.2) is 12.1 Å². The van der Waals surface area contributed by atoms with Crippen molar-refractivity contribution in [3.8, 4) is 0 Å². The van der Waals surface area contributed by atoms with E-state index in [1.54, 1.807) is 6.07 Å². The third-order valence-corrected chi connectivity index (χ3v) is 3.44. The molecule has 1 fully saturated rings. The van der Waals surface area contributed by atoms with E-state index in [2.05, 4.69) is 15.6 Å². The zero-order valence-electron chi connectivity index (χ0n) is 12.9. The summed E-state index contributed by atoms with van der Waals surface area (Å²) in [5.41, 5.74) is 1.57. The first kappa shape index (κ1) is 15.8. The summed E-state index contributed by atoms with van der Waals surface area (Å²) in [5, 5.41) is 6.05. The number of amides is 1. The molecule has 0 atom stereocenters. The van der Waals surface area contributed by atoms with Crippen molar-refractivity contribution in [3.05, 3.63) is 23.4 Å². The van der Waals surface area contributed by atoms with Crippen LogP contribution in [0.2, 0.25) is 0 Å². The van der Waals surface area contributed by atoms with Crippen LogP contribution in [0.3, 0.4) is 0 Å². The van der Waals surface area contributed by atoms with E-state index < -0.39 is 0 Å². The van der Waals surface area contributed by atoms with Crippen molar-refractivity contribution in [2.24, 2.45) is 5.92 Å². The molecule has 1 amide bonds. The Kier molecular flexibility index (Phi) is 5.99. The Hall–Kier alpha value is -1.62. The highest BCUT2D eigenvalue weighted by molar-refractivity contribution is 5.95. The number of hydrogen-bond acceptors (Lipinski definition) is 4. The monoisotopic (exact) mass is 291 g/mol. The number of nitrogens with zero attached hydrogens (tertiary/aromatic N) is 1. The summed E-state index contributed by atoms with van der Waals surface area (Å²) in [6.07, 6.45) is 3.39. The van der Waals surface area contributed by atoms with E-state index >= 15 is 0 Å². The predicted octanol–water partition coefficient (Wildman–Crippen LogP) is 2.23. The lowest BCUT2D eigenvalue weighted by atomic mass is 10.2. The zero-order chi connectivity index (χ0) is 15.1. The quantitative estimate of drug-likeness (QED) is 0.685. The van der Waals surface area contributed by atoms with Crippen molar-refractivity contribution in [2.45, 2.75) is 33.1 Å². The second-order valence-electron chi connectivity index (χ2n) is 5.39. The first-order valence-corrected chi connectivity index (χ1v) is 7.83. The van der Waals surface area contributed by atoms with E-state index in [-0.39, 0.29) is 5.91 Å². The van der Waals surface area contributed by atoms with Gasteiger partial charge in [-0.25, -0.2) is 4.98 Å². The van der Waals surface area contributed by atoms with Crippen molar-refractivity contribution in [3.63, 3.8) is 0 Å². The highest BCUT2D eigenvalue weighted by atomic mass is 16.5. The molecule has 0 radical (unpaired) electrons. The normalized spacial score (nSPS) is 14.0. The molecule has 0 saturated heterocycles. The van der Waals surface area contributed by atoms with Crippen LogP contribution < -0.4 is 10.6 Å². The molecule has 0 aromatic carbocycles. The largest absolute Gasteiger partial charge is 0.379 e. The van der Waals surface area contributed by atoms with Crippen LogP contribution in [-0.4, -0.2) is 37.2 Å². The van der Waals surface area contributed by atoms with Crippen molar-refractivity contribution < 1.29 is 9.53 Å². The van der Waals surface area contributed by atoms with Crippen LogP contribution in [0.25, 0.3) is 0 Å². The van der Waals surface area contributed by atoms with Crippen molar-refractivity contribution in [1.29, 1.82) is 0 Å². The van der Waals surface area contributed by atoms with Crippen molar-refractivity contribution in [1.82, 2.24) is 10.3 Å². The molecule has 2 N–H and O–H groups in total. The van der Waals surface area contributed by atoms with Gasteiger partial charge in [0.25, 0.3) is 5.91 Å². The van der Waals surface area contributed by atoms with Gasteiger partial charge in [0.15, 0.2) is 0 Å². The fourth-order valence-electron chi connectivity index (χ4n) is 2.04. The Morgan fingerprint density at radius 2 is 2.19 bits per heavy atom. The molecule has 1 aliphatic rings. The maximum Gasteiger partial charge on any atom is 0.251 e. The molecule has 0 spiro atoms. The summed E-state index contributed by atoms with van der Waals surface area (Å²) in [6, 6.07) is 3.64. The Balaban J connectivity index is 1.82. The minimum atomic E-state index is -0.0683. The first-order valence-electron chi connectivity index (χ1n) is 7.83. The molecular formula is C16H25N3O2. The average molecular weight is 291 g/mol. The van der Waals surface area contributed by atoms with E-state index in [1.165, 1.54) is 12.8 Å². The predicted molar refractivity (Wildman–Crippen MR) is 83.7 cm³/mol. The van der Waals surface area contributed by atoms with Gasteiger partial charge in [-0.15, -0.1) is 0 Å². The molecule has 0 aliphatic heterocycles. The number of ether oxygens (including phenoxy) is 1. The van der Waals surface area contributed by atoms with Crippen LogP contribution in [0.1, 0.15) is 42.7 Å². The number of aromatic nitrogens is 1. The van der Waals surface area contributed by atoms with Crippen LogP contribution >= 0.6 is 0 Å². The van der Waals surface area contributed by atoms with Crippen molar-refractivity contribution >= 4 is 11.7 Å². The number of rotatable bonds is 9. The van der Waals surface area contributed by atoms with Crippen molar-refractivity contribution in [2.75, 3.05) is 31.6 Å². The van der Waals surface area contributed by atoms with Gasteiger partial charge in [-0.05, 0) is 44.2 Å². The van der Waals surface area contributed by atoms with Gasteiger partial charge in [-0.2, -0.15) is 0 Å². The summed E-state index contributed by atoms with van der Waals surface area (Å²) >= 11 is 0. The van der Waals surface area contributed by atoms with E-state index in [4.69, 9.17) is 4.74 Å². The smallest absolute Gasteiger partial charge is 0.251 e. The summed E-state index contributed by atoms with van der Waals surface area (Å²) in [6.45, 7) is 6.79. The number of carbonyl (C=O) groups is 1. The lowest BCUT2D eigenvalue weighted by Gasteiger charge is -2.10. The molecule has 1 aromatic rings. The van der Waals surface area contributed by atoms with Gasteiger partial charge in [-0.1, -0.05) is 6.92 Å². The molecular weight excluding hydrogens is 266 g/mol. The number of nitrogens with one attached hydrogen (secondary N) is 2. The Labute approximate surface area is 126 Å². The second kappa shape index (κ2) is 7.98. The SMILES string of the molecule is CCNc1cc(C(=O)NCCOCC2CC2)cc(CC)n1. The number of anilines is 1. The molecule has 0 unspecified atom stereocenters. The average Bonchev–Trinajstić information content (AvgIpc) is 3.31. The molecule has 1 saturated carbocycles. The van der Waals surface area contributed by atoms with Gasteiger partial charge in [0.2, 0.25) is 0 Å². The van der Waals surface area contributed by atoms with Crippen LogP contribution in [0, 0.1) is 5.92 Å². The minimum absolute atomic E-state index is 0.0683. The van der Waals surface area contributed by atoms with Crippen LogP contribution in [-0.2, 0) is 11.2 Å². The molecule has 0 bridgehead atoms. The number of hydrogen-bond donors (Lipinski definition) is 2. The highest BCUT2D eigenvalue weighted by Crippen LogP contribution is 2.28. The summed E-state index contributed by atoms with van der Waals surface area (Å²) in [7, 11) is 0. The third-order valence-electron chi connectivity index (χ3n) is 3.44. The standard InChI is InChI=1S/C16H25N3O2/c1-3-14-9-13(10-15(19-14)17-4-2)16(20)18-7-8-21-11-12-5-6-12/h9-10,12H,3-8,11H2,1-2H3,(H,17,19)(H,18,20). The molecule has 2 rings (SSSR count). The number of pyridine rings is 1. The second-order valence-corrected chi connectivity index (χ2v) is 5.39. The van der Waals surface area contributed by atoms with E-state index in [0.717, 1.165) is 37.0 Å². The van der Waals surface area contributed by atoms with E-state index in [1.807, 2.05) is 19.9 Å². The fraction of sp³-hybridized carbons (Fsp3) is 0.625. The van der Waals surface area contributed by atoms with Gasteiger partial charge in [-0.3, -0.25) is 4.79 Å². The van der Waals surface area contributed by atoms with E-state index in [0.29, 0.717) is 18.7 Å². The molecule has 21 heavy (non-hydrogen) atoms. The van der Waals surface area contributed by atoms with Crippen LogP contribution in [0.5, 0.6) is 0 Å². The van der Waals surface area contributed by atoms with E-state index in [9.17, 15) is 4.79 Å². The summed E-state index contributed by atoms with van der Waals surface area (Å²) < 4.78 is 5.51.